The predicted octanol–water partition coefficient (Wildman–Crippen LogP) is 4.22. The number of hydrogen-bond donors (Lipinski definition) is 1. The van der Waals surface area contributed by atoms with Gasteiger partial charge in [-0.05, 0) is 0 Å². The fourth-order valence-corrected chi connectivity index (χ4v) is 5.36. The van der Waals surface area contributed by atoms with Crippen LogP contribution < -0.4 is 4.46 Å². The van der Waals surface area contributed by atoms with Crippen LogP contribution in [-0.4, -0.2) is 39.0 Å². The minimum atomic E-state index is -0.635. The molecule has 2 aromatic carbocycles. The Hall–Kier alpha value is -1.71. The Morgan fingerprint density at radius 1 is 1.12 bits per heavy atom. The molecule has 0 aliphatic carbocycles. The standard InChI is InChI=1S/C22H24O2SSe/c1-3-24-17-16-21(25-2)22(26-19-12-8-5-9-13-19)20(23)15-14-18-10-6-4-7-11-18/h4-17,20,23H,3H2,1-2H3/b15-14+,17-16+,22-21+. The Morgan fingerprint density at radius 3 is 2.38 bits per heavy atom. The normalized spacial score (nSPS) is 13.8. The van der Waals surface area contributed by atoms with Crippen molar-refractivity contribution >= 4 is 37.3 Å². The van der Waals surface area contributed by atoms with Gasteiger partial charge in [0.25, 0.3) is 0 Å². The number of aliphatic hydroxyl groups is 1. The van der Waals surface area contributed by atoms with Crippen LogP contribution in [0.1, 0.15) is 12.5 Å². The summed E-state index contributed by atoms with van der Waals surface area (Å²) in [6.07, 6.45) is 8.88. The molecule has 0 radical (unpaired) electrons. The Balaban J connectivity index is 2.30. The number of aliphatic hydroxyl groups excluding tert-OH is 1. The van der Waals surface area contributed by atoms with Crippen LogP contribution in [0, 0.1) is 0 Å². The number of ether oxygens (including phenoxy) is 1. The van der Waals surface area contributed by atoms with Gasteiger partial charge < -0.3 is 0 Å². The Morgan fingerprint density at radius 2 is 1.77 bits per heavy atom. The SMILES string of the molecule is CCO/C=C/C(SC)=C(\[Se]c1ccccc1)C(O)/C=C/c1ccccc1. The first kappa shape index (κ1) is 20.6. The van der Waals surface area contributed by atoms with Crippen LogP contribution in [0.15, 0.2) is 88.5 Å². The van der Waals surface area contributed by atoms with E-state index in [4.69, 9.17) is 4.74 Å². The average molecular weight is 431 g/mol. The van der Waals surface area contributed by atoms with E-state index in [0.29, 0.717) is 6.61 Å². The number of hydrogen-bond acceptors (Lipinski definition) is 3. The van der Waals surface area contributed by atoms with Crippen molar-refractivity contribution in [2.75, 3.05) is 12.9 Å². The predicted molar refractivity (Wildman–Crippen MR) is 115 cm³/mol. The van der Waals surface area contributed by atoms with Crippen molar-refractivity contribution in [2.45, 2.75) is 13.0 Å². The van der Waals surface area contributed by atoms with Gasteiger partial charge in [-0.3, -0.25) is 0 Å². The fourth-order valence-electron chi connectivity index (χ4n) is 2.18. The summed E-state index contributed by atoms with van der Waals surface area (Å²) in [5, 5.41) is 10.9. The Labute approximate surface area is 166 Å². The van der Waals surface area contributed by atoms with E-state index in [2.05, 4.69) is 12.1 Å². The molecular formula is C22H24O2SSe. The molecule has 0 bridgehead atoms. The number of allylic oxidation sites excluding steroid dienone is 1. The maximum absolute atomic E-state index is 10.9. The third kappa shape index (κ3) is 6.89. The van der Waals surface area contributed by atoms with Gasteiger partial charge >= 0.3 is 167 Å². The van der Waals surface area contributed by atoms with Gasteiger partial charge in [0, 0.05) is 0 Å². The molecule has 2 rings (SSSR count). The molecule has 2 aromatic rings. The summed E-state index contributed by atoms with van der Waals surface area (Å²) < 4.78 is 7.62. The van der Waals surface area contributed by atoms with E-state index < -0.39 is 6.10 Å². The van der Waals surface area contributed by atoms with Crippen molar-refractivity contribution in [1.29, 1.82) is 0 Å². The number of rotatable bonds is 9. The van der Waals surface area contributed by atoms with Gasteiger partial charge in [-0.1, -0.05) is 0 Å². The van der Waals surface area contributed by atoms with Gasteiger partial charge in [-0.2, -0.15) is 0 Å². The minimum absolute atomic E-state index is 0.0244. The third-order valence-electron chi connectivity index (χ3n) is 3.46. The van der Waals surface area contributed by atoms with E-state index in [-0.39, 0.29) is 15.0 Å². The zero-order chi connectivity index (χ0) is 18.6. The van der Waals surface area contributed by atoms with Crippen molar-refractivity contribution in [1.82, 2.24) is 0 Å². The summed E-state index contributed by atoms with van der Waals surface area (Å²) in [5.74, 6) is 0. The number of thioether (sulfide) groups is 1. The van der Waals surface area contributed by atoms with Crippen molar-refractivity contribution in [2.24, 2.45) is 0 Å². The summed E-state index contributed by atoms with van der Waals surface area (Å²) in [4.78, 5) is 1.05. The fraction of sp³-hybridized carbons (Fsp3) is 0.182. The van der Waals surface area contributed by atoms with Crippen LogP contribution in [-0.2, 0) is 4.74 Å². The molecule has 0 spiro atoms. The van der Waals surface area contributed by atoms with Crippen LogP contribution in [0.3, 0.4) is 0 Å². The molecule has 4 heteroatoms. The molecule has 0 aliphatic heterocycles. The van der Waals surface area contributed by atoms with E-state index in [1.807, 2.05) is 79.9 Å². The van der Waals surface area contributed by atoms with Crippen LogP contribution in [0.4, 0.5) is 0 Å². The molecule has 26 heavy (non-hydrogen) atoms. The average Bonchev–Trinajstić information content (AvgIpc) is 2.70. The van der Waals surface area contributed by atoms with E-state index in [1.165, 1.54) is 4.46 Å². The zero-order valence-electron chi connectivity index (χ0n) is 15.0. The van der Waals surface area contributed by atoms with Gasteiger partial charge in [0.2, 0.25) is 0 Å². The molecule has 1 N–H and O–H groups in total. The molecule has 0 saturated heterocycles. The van der Waals surface area contributed by atoms with E-state index in [9.17, 15) is 5.11 Å². The van der Waals surface area contributed by atoms with Crippen LogP contribution in [0.25, 0.3) is 6.08 Å². The molecule has 0 aromatic heterocycles. The number of benzene rings is 2. The van der Waals surface area contributed by atoms with E-state index >= 15 is 0 Å². The first-order valence-electron chi connectivity index (χ1n) is 8.45. The molecule has 0 heterocycles. The van der Waals surface area contributed by atoms with Gasteiger partial charge in [0.05, 0.1) is 0 Å². The molecule has 0 amide bonds. The molecule has 136 valence electrons. The maximum atomic E-state index is 10.9. The molecule has 0 aliphatic rings. The first-order chi connectivity index (χ1) is 12.7. The quantitative estimate of drug-likeness (QED) is 0.366. The topological polar surface area (TPSA) is 29.5 Å². The van der Waals surface area contributed by atoms with Gasteiger partial charge in [0.1, 0.15) is 0 Å². The van der Waals surface area contributed by atoms with E-state index in [0.717, 1.165) is 14.9 Å². The molecule has 1 unspecified atom stereocenters. The third-order valence-corrected chi connectivity index (χ3v) is 7.04. The van der Waals surface area contributed by atoms with Gasteiger partial charge in [-0.15, -0.1) is 0 Å². The van der Waals surface area contributed by atoms with Crippen molar-refractivity contribution in [3.05, 3.63) is 94.0 Å². The second-order valence-corrected chi connectivity index (χ2v) is 8.51. The van der Waals surface area contributed by atoms with Gasteiger partial charge in [-0.25, -0.2) is 0 Å². The zero-order valence-corrected chi connectivity index (χ0v) is 17.6. The first-order valence-corrected chi connectivity index (χ1v) is 11.4. The second kappa shape index (κ2) is 11.8. The molecule has 2 nitrogen and oxygen atoms in total. The molecule has 0 fully saturated rings. The summed E-state index contributed by atoms with van der Waals surface area (Å²) in [6.45, 7) is 2.59. The molecule has 1 atom stereocenters. The van der Waals surface area contributed by atoms with Crippen molar-refractivity contribution in [3.63, 3.8) is 0 Å². The second-order valence-electron chi connectivity index (χ2n) is 5.32. The van der Waals surface area contributed by atoms with Crippen LogP contribution in [0.5, 0.6) is 0 Å². The monoisotopic (exact) mass is 432 g/mol. The Bertz CT molecular complexity index is 739. The Kier molecular flexibility index (Phi) is 9.36. The summed E-state index contributed by atoms with van der Waals surface area (Å²) in [5.41, 5.74) is 1.08. The summed E-state index contributed by atoms with van der Waals surface area (Å²) >= 11 is 1.66. The van der Waals surface area contributed by atoms with Crippen LogP contribution in [0.2, 0.25) is 0 Å². The summed E-state index contributed by atoms with van der Waals surface area (Å²) in [6, 6.07) is 20.3. The van der Waals surface area contributed by atoms with Crippen molar-refractivity contribution in [3.8, 4) is 0 Å². The van der Waals surface area contributed by atoms with E-state index in [1.54, 1.807) is 18.0 Å². The van der Waals surface area contributed by atoms with Crippen LogP contribution >= 0.6 is 11.8 Å². The summed E-state index contributed by atoms with van der Waals surface area (Å²) in [7, 11) is 0. The molecular weight excluding hydrogens is 407 g/mol. The van der Waals surface area contributed by atoms with Crippen molar-refractivity contribution < 1.29 is 9.84 Å². The van der Waals surface area contributed by atoms with Gasteiger partial charge in [0.15, 0.2) is 0 Å². The molecule has 0 saturated carbocycles.